The molecule has 0 radical (unpaired) electrons. The van der Waals surface area contributed by atoms with Crippen LogP contribution in [-0.2, 0) is 0 Å². The maximum atomic E-state index is 13.0. The van der Waals surface area contributed by atoms with Crippen LogP contribution in [0, 0.1) is 21.8 Å². The second-order valence-electron chi connectivity index (χ2n) is 3.78. The fourth-order valence-corrected chi connectivity index (χ4v) is 1.37. The molecular weight excluding hydrogens is 199 g/mol. The molecule has 1 aromatic carbocycles. The van der Waals surface area contributed by atoms with Gasteiger partial charge in [0.25, 0.3) is 5.69 Å². The SMILES string of the molecule is O=[N+]([O-])c1cc(F)cc(NCC2CC2)c1. The summed E-state index contributed by atoms with van der Waals surface area (Å²) >= 11 is 0. The molecule has 2 rings (SSSR count). The van der Waals surface area contributed by atoms with Gasteiger partial charge in [-0.15, -0.1) is 0 Å². The number of hydrogen-bond donors (Lipinski definition) is 1. The number of nitrogens with one attached hydrogen (secondary N) is 1. The van der Waals surface area contributed by atoms with Crippen molar-refractivity contribution in [3.05, 3.63) is 34.1 Å². The first-order chi connectivity index (χ1) is 7.15. The molecule has 0 unspecified atom stereocenters. The average Bonchev–Trinajstić information content (AvgIpc) is 2.97. The number of benzene rings is 1. The Bertz CT molecular complexity index is 391. The zero-order valence-electron chi connectivity index (χ0n) is 8.07. The van der Waals surface area contributed by atoms with Gasteiger partial charge >= 0.3 is 0 Å². The van der Waals surface area contributed by atoms with Gasteiger partial charge in [-0.05, 0) is 24.8 Å². The van der Waals surface area contributed by atoms with Crippen LogP contribution in [-0.4, -0.2) is 11.5 Å². The normalized spacial score (nSPS) is 15.0. The van der Waals surface area contributed by atoms with E-state index in [1.54, 1.807) is 0 Å². The number of nitro benzene ring substituents is 1. The molecule has 1 fully saturated rings. The highest BCUT2D eigenvalue weighted by molar-refractivity contribution is 5.51. The van der Waals surface area contributed by atoms with E-state index in [-0.39, 0.29) is 5.69 Å². The number of nitrogens with zero attached hydrogens (tertiary/aromatic N) is 1. The standard InChI is InChI=1S/C10H11FN2O2/c11-8-3-9(12-6-7-1-2-7)5-10(4-8)13(14)15/h3-5,7,12H,1-2,6H2. The van der Waals surface area contributed by atoms with Crippen molar-refractivity contribution < 1.29 is 9.31 Å². The summed E-state index contributed by atoms with van der Waals surface area (Å²) in [7, 11) is 0. The van der Waals surface area contributed by atoms with Crippen molar-refractivity contribution in [1.29, 1.82) is 0 Å². The van der Waals surface area contributed by atoms with Crippen LogP contribution in [0.1, 0.15) is 12.8 Å². The minimum atomic E-state index is -0.592. The van der Waals surface area contributed by atoms with Crippen LogP contribution in [0.5, 0.6) is 0 Å². The fourth-order valence-electron chi connectivity index (χ4n) is 1.37. The average molecular weight is 210 g/mol. The highest BCUT2D eigenvalue weighted by atomic mass is 19.1. The van der Waals surface area contributed by atoms with Crippen LogP contribution in [0.2, 0.25) is 0 Å². The molecule has 1 N–H and O–H groups in total. The van der Waals surface area contributed by atoms with Crippen LogP contribution in [0.25, 0.3) is 0 Å². The summed E-state index contributed by atoms with van der Waals surface area (Å²) in [5.41, 5.74) is 0.266. The topological polar surface area (TPSA) is 55.2 Å². The third kappa shape index (κ3) is 2.65. The van der Waals surface area contributed by atoms with Crippen molar-refractivity contribution in [1.82, 2.24) is 0 Å². The smallest absolute Gasteiger partial charge is 0.274 e. The number of non-ortho nitro benzene ring substituents is 1. The minimum Gasteiger partial charge on any atom is -0.384 e. The van der Waals surface area contributed by atoms with Crippen LogP contribution in [0.15, 0.2) is 18.2 Å². The van der Waals surface area contributed by atoms with E-state index in [1.165, 1.54) is 25.0 Å². The summed E-state index contributed by atoms with van der Waals surface area (Å²) in [4.78, 5) is 9.88. The number of rotatable bonds is 4. The van der Waals surface area contributed by atoms with Gasteiger partial charge in [-0.25, -0.2) is 4.39 Å². The highest BCUT2D eigenvalue weighted by Gasteiger charge is 2.21. The molecule has 0 heterocycles. The number of hydrogen-bond acceptors (Lipinski definition) is 3. The van der Waals surface area contributed by atoms with Crippen molar-refractivity contribution in [3.63, 3.8) is 0 Å². The molecule has 0 atom stereocenters. The van der Waals surface area contributed by atoms with E-state index < -0.39 is 10.7 Å². The Morgan fingerprint density at radius 1 is 1.47 bits per heavy atom. The summed E-state index contributed by atoms with van der Waals surface area (Å²) in [6, 6.07) is 3.54. The Morgan fingerprint density at radius 2 is 2.20 bits per heavy atom. The molecule has 0 amide bonds. The van der Waals surface area contributed by atoms with Crippen LogP contribution in [0.3, 0.4) is 0 Å². The second-order valence-corrected chi connectivity index (χ2v) is 3.78. The molecule has 0 spiro atoms. The van der Waals surface area contributed by atoms with Crippen molar-refractivity contribution >= 4 is 11.4 Å². The molecule has 0 saturated heterocycles. The van der Waals surface area contributed by atoms with Crippen molar-refractivity contribution in [2.45, 2.75) is 12.8 Å². The number of nitro groups is 1. The summed E-state index contributed by atoms with van der Waals surface area (Å²) in [5, 5.41) is 13.5. The first-order valence-corrected chi connectivity index (χ1v) is 4.84. The Labute approximate surface area is 86.3 Å². The van der Waals surface area contributed by atoms with Gasteiger partial charge in [-0.1, -0.05) is 0 Å². The van der Waals surface area contributed by atoms with E-state index in [0.717, 1.165) is 12.6 Å². The predicted molar refractivity (Wildman–Crippen MR) is 54.3 cm³/mol. The maximum Gasteiger partial charge on any atom is 0.274 e. The van der Waals surface area contributed by atoms with Crippen molar-refractivity contribution in [2.24, 2.45) is 5.92 Å². The molecule has 80 valence electrons. The molecule has 1 saturated carbocycles. The lowest BCUT2D eigenvalue weighted by atomic mass is 10.2. The molecule has 15 heavy (non-hydrogen) atoms. The van der Waals surface area contributed by atoms with Crippen molar-refractivity contribution in [3.8, 4) is 0 Å². The number of halogens is 1. The first-order valence-electron chi connectivity index (χ1n) is 4.84. The third-order valence-electron chi connectivity index (χ3n) is 2.39. The van der Waals surface area contributed by atoms with E-state index in [2.05, 4.69) is 5.32 Å². The lowest BCUT2D eigenvalue weighted by Gasteiger charge is -2.04. The van der Waals surface area contributed by atoms with E-state index in [1.807, 2.05) is 0 Å². The van der Waals surface area contributed by atoms with Gasteiger partial charge in [-0.2, -0.15) is 0 Å². The van der Waals surface area contributed by atoms with Crippen molar-refractivity contribution in [2.75, 3.05) is 11.9 Å². The van der Waals surface area contributed by atoms with Gasteiger partial charge in [0.1, 0.15) is 5.82 Å². The quantitative estimate of drug-likeness (QED) is 0.613. The van der Waals surface area contributed by atoms with E-state index in [9.17, 15) is 14.5 Å². The lowest BCUT2D eigenvalue weighted by Crippen LogP contribution is -2.03. The predicted octanol–water partition coefficient (Wildman–Crippen LogP) is 2.56. The Balaban J connectivity index is 2.10. The maximum absolute atomic E-state index is 13.0. The van der Waals surface area contributed by atoms with E-state index >= 15 is 0 Å². The van der Waals surface area contributed by atoms with Crippen LogP contribution >= 0.6 is 0 Å². The molecule has 0 aromatic heterocycles. The summed E-state index contributed by atoms with van der Waals surface area (Å²) < 4.78 is 13.0. The zero-order valence-corrected chi connectivity index (χ0v) is 8.07. The zero-order chi connectivity index (χ0) is 10.8. The number of anilines is 1. The fraction of sp³-hybridized carbons (Fsp3) is 0.400. The highest BCUT2D eigenvalue weighted by Crippen LogP contribution is 2.29. The molecular formula is C10H11FN2O2. The van der Waals surface area contributed by atoms with Gasteiger partial charge in [0.05, 0.1) is 11.0 Å². The monoisotopic (exact) mass is 210 g/mol. The Morgan fingerprint density at radius 3 is 2.80 bits per heavy atom. The first kappa shape index (κ1) is 9.89. The molecule has 1 aromatic rings. The van der Waals surface area contributed by atoms with Gasteiger partial charge in [-0.3, -0.25) is 10.1 Å². The van der Waals surface area contributed by atoms with Crippen LogP contribution < -0.4 is 5.32 Å². The molecule has 1 aliphatic rings. The van der Waals surface area contributed by atoms with Gasteiger partial charge in [0.15, 0.2) is 0 Å². The largest absolute Gasteiger partial charge is 0.384 e. The van der Waals surface area contributed by atoms with Gasteiger partial charge in [0.2, 0.25) is 0 Å². The molecule has 0 bridgehead atoms. The molecule has 1 aliphatic carbocycles. The van der Waals surface area contributed by atoms with Crippen LogP contribution in [0.4, 0.5) is 15.8 Å². The molecule has 4 nitrogen and oxygen atoms in total. The summed E-state index contributed by atoms with van der Waals surface area (Å²) in [6.07, 6.45) is 2.37. The molecule has 0 aliphatic heterocycles. The van der Waals surface area contributed by atoms with E-state index in [4.69, 9.17) is 0 Å². The Hall–Kier alpha value is -1.65. The van der Waals surface area contributed by atoms with Gasteiger partial charge in [0, 0.05) is 18.3 Å². The summed E-state index contributed by atoms with van der Waals surface area (Å²) in [6.45, 7) is 0.764. The van der Waals surface area contributed by atoms with E-state index in [0.29, 0.717) is 11.6 Å². The van der Waals surface area contributed by atoms with Gasteiger partial charge < -0.3 is 5.32 Å². The molecule has 5 heteroatoms. The lowest BCUT2D eigenvalue weighted by molar-refractivity contribution is -0.385. The second kappa shape index (κ2) is 3.84. The minimum absolute atomic E-state index is 0.215. The third-order valence-corrected chi connectivity index (χ3v) is 2.39. The summed E-state index contributed by atoms with van der Waals surface area (Å²) in [5.74, 6) is 0.0646. The Kier molecular flexibility index (Phi) is 2.53.